The number of nitrogens with one attached hydrogen (secondary N) is 1. The average molecular weight is 387 g/mol. The first-order valence-corrected chi connectivity index (χ1v) is 10.8. The van der Waals surface area contributed by atoms with Crippen molar-refractivity contribution in [2.75, 3.05) is 11.5 Å². The molecule has 1 saturated heterocycles. The van der Waals surface area contributed by atoms with E-state index in [9.17, 15) is 18.0 Å². The number of aromatic nitrogens is 1. The van der Waals surface area contributed by atoms with E-state index in [1.165, 1.54) is 0 Å². The molecular weight excluding hydrogens is 366 g/mol. The number of benzene rings is 1. The Bertz CT molecular complexity index is 968. The molecule has 2 amide bonds. The Morgan fingerprint density at radius 3 is 2.63 bits per heavy atom. The van der Waals surface area contributed by atoms with Crippen LogP contribution in [0.2, 0.25) is 0 Å². The van der Waals surface area contributed by atoms with E-state index in [1.807, 2.05) is 30.3 Å². The van der Waals surface area contributed by atoms with Crippen LogP contribution in [0.4, 0.5) is 0 Å². The van der Waals surface area contributed by atoms with Crippen molar-refractivity contribution in [2.24, 2.45) is 0 Å². The lowest BCUT2D eigenvalue weighted by Gasteiger charge is -2.36. The highest BCUT2D eigenvalue weighted by molar-refractivity contribution is 7.91. The molecular formula is C19H21N3O4S. The van der Waals surface area contributed by atoms with Crippen molar-refractivity contribution in [3.63, 3.8) is 0 Å². The van der Waals surface area contributed by atoms with Crippen molar-refractivity contribution in [3.05, 3.63) is 59.9 Å². The predicted octanol–water partition coefficient (Wildman–Crippen LogP) is 0.816. The van der Waals surface area contributed by atoms with E-state index in [0.29, 0.717) is 25.2 Å². The number of hydrogen-bond acceptors (Lipinski definition) is 4. The van der Waals surface area contributed by atoms with Crippen LogP contribution >= 0.6 is 0 Å². The highest BCUT2D eigenvalue weighted by Gasteiger charge is 2.38. The van der Waals surface area contributed by atoms with Crippen LogP contribution in [-0.2, 0) is 27.7 Å². The summed E-state index contributed by atoms with van der Waals surface area (Å²) in [6, 6.07) is 12.0. The second-order valence-corrected chi connectivity index (χ2v) is 9.32. The largest absolute Gasteiger partial charge is 0.350 e. The maximum absolute atomic E-state index is 13.0. The summed E-state index contributed by atoms with van der Waals surface area (Å²) in [5.74, 6) is -0.445. The van der Waals surface area contributed by atoms with Gasteiger partial charge in [-0.2, -0.15) is 0 Å². The number of hydrogen-bond donors (Lipinski definition) is 1. The zero-order valence-electron chi connectivity index (χ0n) is 14.7. The zero-order valence-corrected chi connectivity index (χ0v) is 15.6. The molecule has 2 atom stereocenters. The number of rotatable bonds is 4. The van der Waals surface area contributed by atoms with E-state index in [2.05, 4.69) is 5.32 Å². The fraction of sp³-hybridized carbons (Fsp3) is 0.368. The molecule has 0 radical (unpaired) electrons. The molecule has 27 heavy (non-hydrogen) atoms. The molecule has 0 bridgehead atoms. The van der Waals surface area contributed by atoms with Gasteiger partial charge in [-0.15, -0.1) is 0 Å². The number of sulfone groups is 1. The molecule has 3 heterocycles. The quantitative estimate of drug-likeness (QED) is 0.841. The molecule has 8 heteroatoms. The molecule has 2 aliphatic rings. The van der Waals surface area contributed by atoms with Gasteiger partial charge in [-0.05, 0) is 24.1 Å². The van der Waals surface area contributed by atoms with Crippen LogP contribution in [0.25, 0.3) is 0 Å². The third-order valence-electron chi connectivity index (χ3n) is 5.13. The molecule has 0 aliphatic carbocycles. The second-order valence-electron chi connectivity index (χ2n) is 7.09. The Kier molecular flexibility index (Phi) is 4.51. The highest BCUT2D eigenvalue weighted by Crippen LogP contribution is 2.22. The summed E-state index contributed by atoms with van der Waals surface area (Å²) < 4.78 is 25.1. The molecule has 2 aliphatic heterocycles. The number of fused-ring (bicyclic) bond motifs is 1. The topological polar surface area (TPSA) is 88.5 Å². The summed E-state index contributed by atoms with van der Waals surface area (Å²) in [5.41, 5.74) is 1.49. The van der Waals surface area contributed by atoms with Gasteiger partial charge in [0.15, 0.2) is 9.84 Å². The smallest absolute Gasteiger partial charge is 0.271 e. The summed E-state index contributed by atoms with van der Waals surface area (Å²) in [6.45, 7) is 0.679. The van der Waals surface area contributed by atoms with Crippen molar-refractivity contribution in [2.45, 2.75) is 31.6 Å². The molecule has 4 rings (SSSR count). The molecule has 1 aromatic carbocycles. The van der Waals surface area contributed by atoms with Gasteiger partial charge in [-0.25, -0.2) is 8.42 Å². The van der Waals surface area contributed by atoms with Gasteiger partial charge in [0.1, 0.15) is 11.7 Å². The van der Waals surface area contributed by atoms with E-state index < -0.39 is 15.9 Å². The lowest BCUT2D eigenvalue weighted by molar-refractivity contribution is -0.127. The van der Waals surface area contributed by atoms with Gasteiger partial charge in [0.2, 0.25) is 5.91 Å². The molecule has 0 saturated carbocycles. The molecule has 1 N–H and O–H groups in total. The lowest BCUT2D eigenvalue weighted by atomic mass is 10.1. The van der Waals surface area contributed by atoms with E-state index in [0.717, 1.165) is 5.56 Å². The van der Waals surface area contributed by atoms with Crippen LogP contribution in [-0.4, -0.2) is 53.3 Å². The molecule has 1 fully saturated rings. The summed E-state index contributed by atoms with van der Waals surface area (Å²) in [6.07, 6.45) is 2.20. The molecule has 2 unspecified atom stereocenters. The first-order chi connectivity index (χ1) is 12.9. The van der Waals surface area contributed by atoms with Crippen LogP contribution in [0.1, 0.15) is 22.5 Å². The van der Waals surface area contributed by atoms with Gasteiger partial charge in [-0.1, -0.05) is 30.3 Å². The fourth-order valence-corrected chi connectivity index (χ4v) is 5.41. The summed E-state index contributed by atoms with van der Waals surface area (Å²) in [4.78, 5) is 27.5. The number of nitrogens with zero attached hydrogens (tertiary/aromatic N) is 2. The van der Waals surface area contributed by atoms with Gasteiger partial charge in [-0.3, -0.25) is 9.59 Å². The number of amides is 2. The van der Waals surface area contributed by atoms with E-state index in [1.54, 1.807) is 27.8 Å². The van der Waals surface area contributed by atoms with Crippen LogP contribution in [0.3, 0.4) is 0 Å². The van der Waals surface area contributed by atoms with Gasteiger partial charge in [0.25, 0.3) is 5.91 Å². The second kappa shape index (κ2) is 6.84. The van der Waals surface area contributed by atoms with E-state index in [4.69, 9.17) is 0 Å². The van der Waals surface area contributed by atoms with Crippen molar-refractivity contribution < 1.29 is 18.0 Å². The standard InChI is InChI=1S/C19H21N3O4S/c23-18(20-15-8-10-27(25,26)13-15)17-12-21-9-4-7-16(21)19(24)22(17)11-14-5-2-1-3-6-14/h1-7,9,15,17H,8,10-13H2,(H,20,23). The van der Waals surface area contributed by atoms with Crippen molar-refractivity contribution >= 4 is 21.7 Å². The van der Waals surface area contributed by atoms with Crippen LogP contribution < -0.4 is 5.32 Å². The van der Waals surface area contributed by atoms with Crippen molar-refractivity contribution in [3.8, 4) is 0 Å². The minimum Gasteiger partial charge on any atom is -0.350 e. The minimum atomic E-state index is -3.08. The SMILES string of the molecule is O=C(NC1CCS(=O)(=O)C1)C1Cn2cccc2C(=O)N1Cc1ccccc1. The third-order valence-corrected chi connectivity index (χ3v) is 6.90. The third kappa shape index (κ3) is 3.62. The normalized spacial score (nSPS) is 23.9. The Balaban J connectivity index is 1.58. The van der Waals surface area contributed by atoms with Crippen molar-refractivity contribution in [1.29, 1.82) is 0 Å². The molecule has 2 aromatic rings. The monoisotopic (exact) mass is 387 g/mol. The Hall–Kier alpha value is -2.61. The molecule has 142 valence electrons. The lowest BCUT2D eigenvalue weighted by Crippen LogP contribution is -2.56. The molecule has 7 nitrogen and oxygen atoms in total. The Morgan fingerprint density at radius 2 is 1.93 bits per heavy atom. The highest BCUT2D eigenvalue weighted by atomic mass is 32.2. The zero-order chi connectivity index (χ0) is 19.0. The maximum atomic E-state index is 13.0. The van der Waals surface area contributed by atoms with E-state index in [-0.39, 0.29) is 29.4 Å². The summed E-state index contributed by atoms with van der Waals surface area (Å²) in [5, 5.41) is 2.84. The number of carbonyl (C=O) groups is 2. The Labute approximate surface area is 157 Å². The van der Waals surface area contributed by atoms with Crippen LogP contribution in [0.15, 0.2) is 48.7 Å². The van der Waals surface area contributed by atoms with Gasteiger partial charge in [0.05, 0.1) is 18.1 Å². The summed E-state index contributed by atoms with van der Waals surface area (Å²) >= 11 is 0. The van der Waals surface area contributed by atoms with E-state index >= 15 is 0 Å². The Morgan fingerprint density at radius 1 is 1.15 bits per heavy atom. The average Bonchev–Trinajstić information content (AvgIpc) is 3.24. The number of carbonyl (C=O) groups excluding carboxylic acids is 2. The van der Waals surface area contributed by atoms with Crippen LogP contribution in [0.5, 0.6) is 0 Å². The van der Waals surface area contributed by atoms with Gasteiger partial charge < -0.3 is 14.8 Å². The molecule has 1 aromatic heterocycles. The van der Waals surface area contributed by atoms with Crippen LogP contribution in [0, 0.1) is 0 Å². The van der Waals surface area contributed by atoms with Gasteiger partial charge >= 0.3 is 0 Å². The summed E-state index contributed by atoms with van der Waals surface area (Å²) in [7, 11) is -3.08. The first kappa shape index (κ1) is 17.8. The minimum absolute atomic E-state index is 0.0349. The maximum Gasteiger partial charge on any atom is 0.271 e. The van der Waals surface area contributed by atoms with Gasteiger partial charge in [0, 0.05) is 18.8 Å². The fourth-order valence-electron chi connectivity index (χ4n) is 3.73. The molecule has 0 spiro atoms. The van der Waals surface area contributed by atoms with Crippen molar-refractivity contribution in [1.82, 2.24) is 14.8 Å². The first-order valence-electron chi connectivity index (χ1n) is 8.94. The predicted molar refractivity (Wildman–Crippen MR) is 99.7 cm³/mol.